The Kier molecular flexibility index (Phi) is 10.2. The minimum atomic E-state index is -0.552. The minimum Gasteiger partial charge on any atom is -0.444 e. The average Bonchev–Trinajstić information content (AvgIpc) is 3.53. The number of urea groups is 1. The van der Waals surface area contributed by atoms with E-state index in [1.807, 2.05) is 19.2 Å². The van der Waals surface area contributed by atoms with E-state index in [4.69, 9.17) is 4.74 Å². The largest absolute Gasteiger partial charge is 0.444 e. The van der Waals surface area contributed by atoms with Gasteiger partial charge in [-0.3, -0.25) is 9.78 Å². The van der Waals surface area contributed by atoms with E-state index in [1.54, 1.807) is 39.9 Å². The highest BCUT2D eigenvalue weighted by Crippen LogP contribution is 2.24. The zero-order valence-electron chi connectivity index (χ0n) is 21.7. The van der Waals surface area contributed by atoms with Crippen molar-refractivity contribution in [1.29, 1.82) is 0 Å². The van der Waals surface area contributed by atoms with Gasteiger partial charge in [-0.05, 0) is 24.7 Å². The van der Waals surface area contributed by atoms with Gasteiger partial charge in [0.2, 0.25) is 0 Å². The van der Waals surface area contributed by atoms with Gasteiger partial charge in [-0.1, -0.05) is 27.7 Å². The van der Waals surface area contributed by atoms with Crippen molar-refractivity contribution in [2.75, 3.05) is 20.1 Å². The molecule has 36 heavy (non-hydrogen) atoms. The first-order valence-corrected chi connectivity index (χ1v) is 14.2. The van der Waals surface area contributed by atoms with E-state index >= 15 is 0 Å². The maximum atomic E-state index is 13.1. The molecule has 3 heterocycles. The molecule has 198 valence electrons. The molecule has 1 aliphatic heterocycles. The molecule has 1 unspecified atom stereocenters. The number of Topliss-reactive ketones (excluding diaryl/α,β-unsaturated/α-hetero) is 1. The van der Waals surface area contributed by atoms with Crippen molar-refractivity contribution >= 4 is 40.6 Å². The predicted molar refractivity (Wildman–Crippen MR) is 141 cm³/mol. The number of nitrogens with zero attached hydrogens (tertiary/aromatic N) is 4. The van der Waals surface area contributed by atoms with E-state index in [-0.39, 0.29) is 36.4 Å². The number of ketones is 1. The summed E-state index contributed by atoms with van der Waals surface area (Å²) in [5.41, 5.74) is 2.56. The summed E-state index contributed by atoms with van der Waals surface area (Å²) in [6.07, 6.45) is 3.23. The molecule has 9 nitrogen and oxygen atoms in total. The lowest BCUT2D eigenvalue weighted by Crippen LogP contribution is -2.49. The second-order valence-corrected chi connectivity index (χ2v) is 11.8. The summed E-state index contributed by atoms with van der Waals surface area (Å²) in [6.45, 7) is 9.83. The fourth-order valence-electron chi connectivity index (χ4n) is 4.11. The molecule has 3 amide bonds. The van der Waals surface area contributed by atoms with Gasteiger partial charge >= 0.3 is 12.1 Å². The Morgan fingerprint density at radius 1 is 1.19 bits per heavy atom. The van der Waals surface area contributed by atoms with E-state index in [0.29, 0.717) is 32.0 Å². The third-order valence-corrected chi connectivity index (χ3v) is 8.23. The van der Waals surface area contributed by atoms with Crippen LogP contribution < -0.4 is 5.32 Å². The maximum absolute atomic E-state index is 13.1. The summed E-state index contributed by atoms with van der Waals surface area (Å²) in [5.74, 6) is 0.549. The van der Waals surface area contributed by atoms with Gasteiger partial charge in [-0.2, -0.15) is 0 Å². The molecule has 1 N–H and O–H groups in total. The summed E-state index contributed by atoms with van der Waals surface area (Å²) >= 11 is 3.05. The molecule has 0 radical (unpaired) electrons. The van der Waals surface area contributed by atoms with Crippen LogP contribution in [0.15, 0.2) is 17.1 Å². The number of amides is 3. The van der Waals surface area contributed by atoms with Crippen LogP contribution in [0.2, 0.25) is 0 Å². The van der Waals surface area contributed by atoms with Gasteiger partial charge in [0.25, 0.3) is 0 Å². The summed E-state index contributed by atoms with van der Waals surface area (Å²) in [7, 11) is 1.72. The third kappa shape index (κ3) is 7.99. The number of thiazole rings is 2. The van der Waals surface area contributed by atoms with Gasteiger partial charge in [0.15, 0.2) is 5.78 Å². The quantitative estimate of drug-likeness (QED) is 0.464. The predicted octanol–water partition coefficient (Wildman–Crippen LogP) is 4.90. The monoisotopic (exact) mass is 535 g/mol. The number of aromatic nitrogens is 2. The molecule has 0 aliphatic carbocycles. The fraction of sp³-hybridized carbons (Fsp3) is 0.640. The second kappa shape index (κ2) is 13.1. The van der Waals surface area contributed by atoms with Crippen molar-refractivity contribution in [1.82, 2.24) is 25.1 Å². The minimum absolute atomic E-state index is 0.0246. The van der Waals surface area contributed by atoms with Gasteiger partial charge in [0.1, 0.15) is 6.61 Å². The Morgan fingerprint density at radius 3 is 2.50 bits per heavy atom. The Balaban J connectivity index is 1.44. The normalized spacial score (nSPS) is 15.2. The number of ether oxygens (including phenoxy) is 1. The van der Waals surface area contributed by atoms with Gasteiger partial charge in [0, 0.05) is 44.1 Å². The molecule has 0 spiro atoms. The highest BCUT2D eigenvalue weighted by atomic mass is 32.1. The average molecular weight is 536 g/mol. The molecule has 2 aromatic heterocycles. The third-order valence-electron chi connectivity index (χ3n) is 6.29. The lowest BCUT2D eigenvalue weighted by molar-refractivity contribution is -0.123. The van der Waals surface area contributed by atoms with Crippen LogP contribution in [-0.4, -0.2) is 63.9 Å². The van der Waals surface area contributed by atoms with Gasteiger partial charge in [-0.15, -0.1) is 22.7 Å². The highest BCUT2D eigenvalue weighted by molar-refractivity contribution is 7.09. The van der Waals surface area contributed by atoms with E-state index in [9.17, 15) is 14.4 Å². The van der Waals surface area contributed by atoms with Crippen LogP contribution in [0.3, 0.4) is 0 Å². The summed E-state index contributed by atoms with van der Waals surface area (Å²) in [4.78, 5) is 51.1. The first kappa shape index (κ1) is 28.0. The number of piperidine rings is 1. The molecule has 2 aromatic rings. The number of nitrogens with one attached hydrogen (secondary N) is 1. The highest BCUT2D eigenvalue weighted by Gasteiger charge is 2.30. The fourth-order valence-corrected chi connectivity index (χ4v) is 5.44. The summed E-state index contributed by atoms with van der Waals surface area (Å²) < 4.78 is 5.37. The first-order valence-electron chi connectivity index (χ1n) is 12.4. The van der Waals surface area contributed by atoms with E-state index in [0.717, 1.165) is 28.4 Å². The molecule has 0 saturated carbocycles. The summed E-state index contributed by atoms with van der Waals surface area (Å²) in [6, 6.07) is -0.830. The van der Waals surface area contributed by atoms with Crippen LogP contribution in [0.4, 0.5) is 9.59 Å². The second-order valence-electron chi connectivity index (χ2n) is 9.98. The number of carbonyl (C=O) groups is 3. The SMILES string of the molecule is CC(C)c1nc(CN(C)C(=O)NC(C(=O)CC2CCN(C(=O)OCc3cncs3)CC2)C(C)C)cs1. The molecule has 1 aliphatic rings. The zero-order valence-corrected chi connectivity index (χ0v) is 23.4. The lowest BCUT2D eigenvalue weighted by Gasteiger charge is -2.32. The van der Waals surface area contributed by atoms with Crippen molar-refractivity contribution in [3.05, 3.63) is 32.7 Å². The molecular weight excluding hydrogens is 498 g/mol. The molecule has 11 heteroatoms. The van der Waals surface area contributed by atoms with Crippen LogP contribution in [-0.2, 0) is 22.7 Å². The van der Waals surface area contributed by atoms with E-state index in [2.05, 4.69) is 29.1 Å². The van der Waals surface area contributed by atoms with Gasteiger partial charge in [-0.25, -0.2) is 14.6 Å². The molecule has 0 aromatic carbocycles. The van der Waals surface area contributed by atoms with Crippen LogP contribution in [0.25, 0.3) is 0 Å². The zero-order chi connectivity index (χ0) is 26.2. The van der Waals surface area contributed by atoms with Crippen LogP contribution in [0.1, 0.15) is 68.5 Å². The van der Waals surface area contributed by atoms with Crippen molar-refractivity contribution in [3.63, 3.8) is 0 Å². The van der Waals surface area contributed by atoms with Crippen molar-refractivity contribution in [2.24, 2.45) is 11.8 Å². The number of rotatable bonds is 10. The van der Waals surface area contributed by atoms with E-state index < -0.39 is 6.04 Å². The molecule has 3 rings (SSSR count). The Morgan fingerprint density at radius 2 is 1.92 bits per heavy atom. The van der Waals surface area contributed by atoms with Crippen molar-refractivity contribution < 1.29 is 19.1 Å². The smallest absolute Gasteiger partial charge is 0.410 e. The number of carbonyl (C=O) groups excluding carboxylic acids is 3. The van der Waals surface area contributed by atoms with Crippen molar-refractivity contribution in [3.8, 4) is 0 Å². The summed E-state index contributed by atoms with van der Waals surface area (Å²) in [5, 5.41) is 5.96. The van der Waals surface area contributed by atoms with Crippen LogP contribution in [0.5, 0.6) is 0 Å². The van der Waals surface area contributed by atoms with Gasteiger partial charge in [0.05, 0.1) is 33.7 Å². The van der Waals surface area contributed by atoms with Gasteiger partial charge < -0.3 is 19.9 Å². The standard InChI is InChI=1S/C25H37N5O4S2/c1-16(2)22(28-24(32)29(5)12-19-14-35-23(27-19)17(3)4)21(31)10-18-6-8-30(9-7-18)25(33)34-13-20-11-26-15-36-20/h11,14-18,22H,6-10,12-13H2,1-5H3,(H,28,32). The van der Waals surface area contributed by atoms with Crippen LogP contribution >= 0.6 is 22.7 Å². The molecule has 0 bridgehead atoms. The number of likely N-dealkylation sites (tertiary alicyclic amines) is 1. The molecule has 1 saturated heterocycles. The first-order chi connectivity index (χ1) is 17.1. The Bertz CT molecular complexity index is 1000. The number of hydrogen-bond donors (Lipinski definition) is 1. The maximum Gasteiger partial charge on any atom is 0.410 e. The number of hydrogen-bond acceptors (Lipinski definition) is 8. The Hall–Kier alpha value is -2.53. The van der Waals surface area contributed by atoms with Crippen molar-refractivity contribution in [2.45, 2.75) is 72.1 Å². The molecule has 1 fully saturated rings. The molecule has 1 atom stereocenters. The molecular formula is C25H37N5O4S2. The van der Waals surface area contributed by atoms with Crippen LogP contribution in [0, 0.1) is 11.8 Å². The van der Waals surface area contributed by atoms with E-state index in [1.165, 1.54) is 11.3 Å². The Labute approximate surface area is 221 Å². The lowest BCUT2D eigenvalue weighted by atomic mass is 9.87. The topological polar surface area (TPSA) is 105 Å².